The molecule has 0 spiro atoms. The van der Waals surface area contributed by atoms with Gasteiger partial charge in [-0.05, 0) is 12.1 Å². The Balaban J connectivity index is 2.38. The number of benzene rings is 1. The van der Waals surface area contributed by atoms with Gasteiger partial charge in [0, 0.05) is 29.3 Å². The summed E-state index contributed by atoms with van der Waals surface area (Å²) in [6.07, 6.45) is 0. The summed E-state index contributed by atoms with van der Waals surface area (Å²) in [6, 6.07) is 2.63. The van der Waals surface area contributed by atoms with E-state index in [0.717, 1.165) is 13.1 Å². The van der Waals surface area contributed by atoms with Gasteiger partial charge in [0.2, 0.25) is 0 Å². The van der Waals surface area contributed by atoms with Crippen LogP contribution in [0.4, 0.5) is 15.8 Å². The number of carbonyl (C=O) groups excluding carboxylic acids is 1. The summed E-state index contributed by atoms with van der Waals surface area (Å²) in [4.78, 5) is 13.2. The molecule has 1 saturated heterocycles. The van der Waals surface area contributed by atoms with Crippen LogP contribution in [0.5, 0.6) is 0 Å². The topological polar surface area (TPSA) is 72.3 Å². The molecule has 0 bridgehead atoms. The van der Waals surface area contributed by atoms with Crippen molar-refractivity contribution in [3.8, 4) is 0 Å². The van der Waals surface area contributed by atoms with Crippen LogP contribution in [0.15, 0.2) is 12.1 Å². The van der Waals surface area contributed by atoms with E-state index in [1.165, 1.54) is 12.1 Å². The molecule has 4 N–H and O–H groups in total. The Hall–Kier alpha value is -1.43. The predicted molar refractivity (Wildman–Crippen MR) is 78.1 cm³/mol. The molecule has 4 nitrogen and oxygen atoms in total. The third-order valence-electron chi connectivity index (χ3n) is 3.14. The molecule has 2 rings (SSSR count). The zero-order valence-corrected chi connectivity index (χ0v) is 11.8. The molecule has 2 unspecified atom stereocenters. The third-order valence-corrected chi connectivity index (χ3v) is 4.37. The second kappa shape index (κ2) is 5.28. The maximum Gasteiger partial charge on any atom is 0.250 e. The van der Waals surface area contributed by atoms with Gasteiger partial charge >= 0.3 is 0 Å². The van der Waals surface area contributed by atoms with E-state index >= 15 is 0 Å². The van der Waals surface area contributed by atoms with Crippen LogP contribution < -0.4 is 16.4 Å². The number of halogens is 1. The van der Waals surface area contributed by atoms with Crippen LogP contribution in [0.2, 0.25) is 0 Å². The van der Waals surface area contributed by atoms with Crippen molar-refractivity contribution < 1.29 is 9.18 Å². The van der Waals surface area contributed by atoms with Gasteiger partial charge < -0.3 is 16.4 Å². The first kappa shape index (κ1) is 14.0. The van der Waals surface area contributed by atoms with Gasteiger partial charge in [0.15, 0.2) is 0 Å². The standard InChI is InChI=1S/C13H18FN3OS/c1-7-5-17(6-8(2)19-7)12-3-9(13(16)18)11(15)4-10(12)14/h3-4,7-8H,5-6,15H2,1-2H3,(H2,16,18). The van der Waals surface area contributed by atoms with Gasteiger partial charge in [0.25, 0.3) is 5.91 Å². The van der Waals surface area contributed by atoms with E-state index in [1.807, 2.05) is 16.7 Å². The maximum atomic E-state index is 14.1. The third kappa shape index (κ3) is 2.94. The molecule has 0 aliphatic carbocycles. The zero-order valence-electron chi connectivity index (χ0n) is 11.0. The fourth-order valence-electron chi connectivity index (χ4n) is 2.41. The van der Waals surface area contributed by atoms with Crippen molar-refractivity contribution in [3.05, 3.63) is 23.5 Å². The van der Waals surface area contributed by atoms with Crippen molar-refractivity contribution in [2.24, 2.45) is 5.73 Å². The Kier molecular flexibility index (Phi) is 3.89. The van der Waals surface area contributed by atoms with E-state index in [9.17, 15) is 9.18 Å². The number of hydrogen-bond acceptors (Lipinski definition) is 4. The minimum absolute atomic E-state index is 0.0845. The number of primary amides is 1. The average Bonchev–Trinajstić information content (AvgIpc) is 2.26. The first-order valence-corrected chi connectivity index (χ1v) is 7.12. The average molecular weight is 283 g/mol. The fourth-order valence-corrected chi connectivity index (χ4v) is 3.73. The number of nitrogens with two attached hydrogens (primary N) is 2. The highest BCUT2D eigenvalue weighted by Gasteiger charge is 2.25. The van der Waals surface area contributed by atoms with Gasteiger partial charge in [-0.1, -0.05) is 13.8 Å². The lowest BCUT2D eigenvalue weighted by atomic mass is 10.1. The van der Waals surface area contributed by atoms with E-state index in [4.69, 9.17) is 11.5 Å². The Bertz CT molecular complexity index is 499. The molecule has 2 atom stereocenters. The molecule has 6 heteroatoms. The van der Waals surface area contributed by atoms with Crippen LogP contribution in [-0.4, -0.2) is 29.5 Å². The molecular weight excluding hydrogens is 265 g/mol. The lowest BCUT2D eigenvalue weighted by Crippen LogP contribution is -2.41. The monoisotopic (exact) mass is 283 g/mol. The van der Waals surface area contributed by atoms with Crippen LogP contribution in [0.3, 0.4) is 0 Å². The quantitative estimate of drug-likeness (QED) is 0.812. The van der Waals surface area contributed by atoms with Crippen molar-refractivity contribution in [1.82, 2.24) is 0 Å². The van der Waals surface area contributed by atoms with E-state index in [1.54, 1.807) is 0 Å². The Labute approximate surface area is 116 Å². The number of anilines is 2. The summed E-state index contributed by atoms with van der Waals surface area (Å²) < 4.78 is 14.1. The Morgan fingerprint density at radius 2 is 1.95 bits per heavy atom. The van der Waals surface area contributed by atoms with Crippen molar-refractivity contribution in [3.63, 3.8) is 0 Å². The second-order valence-electron chi connectivity index (χ2n) is 4.92. The predicted octanol–water partition coefficient (Wildman–Crippen LogP) is 1.84. The molecule has 104 valence electrons. The van der Waals surface area contributed by atoms with Gasteiger partial charge in [-0.15, -0.1) is 0 Å². The number of carbonyl (C=O) groups is 1. The van der Waals surface area contributed by atoms with Gasteiger partial charge in [-0.3, -0.25) is 4.79 Å². The van der Waals surface area contributed by atoms with Crippen LogP contribution >= 0.6 is 11.8 Å². The minimum atomic E-state index is -0.633. The molecule has 1 fully saturated rings. The molecule has 0 radical (unpaired) electrons. The number of amides is 1. The molecular formula is C13H18FN3OS. The first-order valence-electron chi connectivity index (χ1n) is 6.17. The number of rotatable bonds is 2. The van der Waals surface area contributed by atoms with Gasteiger partial charge in [0.05, 0.1) is 11.3 Å². The van der Waals surface area contributed by atoms with E-state index in [2.05, 4.69) is 13.8 Å². The molecule has 1 aromatic carbocycles. The van der Waals surface area contributed by atoms with E-state index < -0.39 is 11.7 Å². The molecule has 1 aliphatic heterocycles. The number of nitrogens with zero attached hydrogens (tertiary/aromatic N) is 1. The molecule has 1 aliphatic rings. The molecule has 1 aromatic rings. The highest BCUT2D eigenvalue weighted by Crippen LogP contribution is 2.32. The molecule has 0 saturated carbocycles. The fraction of sp³-hybridized carbons (Fsp3) is 0.462. The second-order valence-corrected chi connectivity index (χ2v) is 6.80. The number of hydrogen-bond donors (Lipinski definition) is 2. The van der Waals surface area contributed by atoms with Crippen LogP contribution in [0.1, 0.15) is 24.2 Å². The lowest BCUT2D eigenvalue weighted by molar-refractivity contribution is 0.100. The zero-order chi connectivity index (χ0) is 14.2. The number of thioether (sulfide) groups is 1. The first-order chi connectivity index (χ1) is 8.88. The molecule has 0 aromatic heterocycles. The SMILES string of the molecule is CC1CN(c2cc(C(N)=O)c(N)cc2F)CC(C)S1. The molecule has 1 heterocycles. The lowest BCUT2D eigenvalue weighted by Gasteiger charge is -2.36. The van der Waals surface area contributed by atoms with Crippen LogP contribution in [-0.2, 0) is 0 Å². The summed E-state index contributed by atoms with van der Waals surface area (Å²) in [6.45, 7) is 5.71. The molecule has 1 amide bonds. The Morgan fingerprint density at radius 1 is 1.37 bits per heavy atom. The van der Waals surface area contributed by atoms with Gasteiger partial charge in [-0.2, -0.15) is 11.8 Å². The maximum absolute atomic E-state index is 14.1. The summed E-state index contributed by atoms with van der Waals surface area (Å²) in [7, 11) is 0. The highest BCUT2D eigenvalue weighted by atomic mass is 32.2. The smallest absolute Gasteiger partial charge is 0.250 e. The summed E-state index contributed by atoms with van der Waals surface area (Å²) >= 11 is 1.88. The van der Waals surface area contributed by atoms with Gasteiger partial charge in [0.1, 0.15) is 5.82 Å². The van der Waals surface area contributed by atoms with Gasteiger partial charge in [-0.25, -0.2) is 4.39 Å². The largest absolute Gasteiger partial charge is 0.398 e. The van der Waals surface area contributed by atoms with Crippen molar-refractivity contribution >= 4 is 29.0 Å². The van der Waals surface area contributed by atoms with Crippen LogP contribution in [0.25, 0.3) is 0 Å². The molecule has 19 heavy (non-hydrogen) atoms. The summed E-state index contributed by atoms with van der Waals surface area (Å²) in [5.41, 5.74) is 11.5. The van der Waals surface area contributed by atoms with Crippen molar-refractivity contribution in [2.45, 2.75) is 24.3 Å². The summed E-state index contributed by atoms with van der Waals surface area (Å²) in [5.74, 6) is -1.04. The van der Waals surface area contributed by atoms with Crippen molar-refractivity contribution in [2.75, 3.05) is 23.7 Å². The van der Waals surface area contributed by atoms with Crippen LogP contribution in [0, 0.1) is 5.82 Å². The van der Waals surface area contributed by atoms with E-state index in [0.29, 0.717) is 16.2 Å². The number of nitrogen functional groups attached to an aromatic ring is 1. The summed E-state index contributed by atoms with van der Waals surface area (Å²) in [5, 5.41) is 0.829. The Morgan fingerprint density at radius 3 is 2.47 bits per heavy atom. The van der Waals surface area contributed by atoms with Crippen molar-refractivity contribution in [1.29, 1.82) is 0 Å². The van der Waals surface area contributed by atoms with E-state index in [-0.39, 0.29) is 11.3 Å². The highest BCUT2D eigenvalue weighted by molar-refractivity contribution is 8.00. The minimum Gasteiger partial charge on any atom is -0.398 e. The normalized spacial score (nSPS) is 23.4.